The van der Waals surface area contributed by atoms with Crippen LogP contribution < -0.4 is 10.6 Å². The van der Waals surface area contributed by atoms with E-state index in [0.29, 0.717) is 12.1 Å². The number of rotatable bonds is 6. The fourth-order valence-corrected chi connectivity index (χ4v) is 2.97. The topological polar surface area (TPSA) is 76.0 Å². The molecule has 6 heteroatoms. The van der Waals surface area contributed by atoms with Crippen LogP contribution in [0.2, 0.25) is 0 Å². The SMILES string of the molecule is Cc1ccc(C(=O)NCC(=O)NCc2c(C)nn(-c3ccccc3)c2C)cc1. The second-order valence-electron chi connectivity index (χ2n) is 6.72. The molecule has 3 rings (SSSR count). The summed E-state index contributed by atoms with van der Waals surface area (Å²) in [6, 6.07) is 17.1. The third-order valence-corrected chi connectivity index (χ3v) is 4.63. The number of hydrogen-bond acceptors (Lipinski definition) is 3. The number of benzene rings is 2. The van der Waals surface area contributed by atoms with Gasteiger partial charge < -0.3 is 10.6 Å². The van der Waals surface area contributed by atoms with Gasteiger partial charge in [-0.2, -0.15) is 5.10 Å². The van der Waals surface area contributed by atoms with Gasteiger partial charge in [-0.25, -0.2) is 4.68 Å². The maximum atomic E-state index is 12.2. The molecule has 2 amide bonds. The van der Waals surface area contributed by atoms with Crippen LogP contribution in [-0.4, -0.2) is 28.1 Å². The first kappa shape index (κ1) is 19.4. The van der Waals surface area contributed by atoms with Crippen molar-refractivity contribution in [1.82, 2.24) is 20.4 Å². The number of hydrogen-bond donors (Lipinski definition) is 2. The van der Waals surface area contributed by atoms with Crippen molar-refractivity contribution in [1.29, 1.82) is 0 Å². The molecule has 0 saturated heterocycles. The van der Waals surface area contributed by atoms with Crippen LogP contribution in [0.1, 0.15) is 32.9 Å². The highest BCUT2D eigenvalue weighted by molar-refractivity contribution is 5.96. The van der Waals surface area contributed by atoms with E-state index in [1.165, 1.54) is 0 Å². The molecule has 0 atom stereocenters. The summed E-state index contributed by atoms with van der Waals surface area (Å²) in [7, 11) is 0. The van der Waals surface area contributed by atoms with Crippen LogP contribution in [0.5, 0.6) is 0 Å². The number of aromatic nitrogens is 2. The number of carbonyl (C=O) groups excluding carboxylic acids is 2. The average Bonchev–Trinajstić information content (AvgIpc) is 2.99. The van der Waals surface area contributed by atoms with Crippen LogP contribution in [0, 0.1) is 20.8 Å². The number of aryl methyl sites for hydroxylation is 2. The first-order chi connectivity index (χ1) is 13.5. The zero-order chi connectivity index (χ0) is 20.1. The van der Waals surface area contributed by atoms with E-state index in [2.05, 4.69) is 15.7 Å². The van der Waals surface area contributed by atoms with Gasteiger partial charge in [-0.05, 0) is 45.0 Å². The van der Waals surface area contributed by atoms with Crippen molar-refractivity contribution in [2.24, 2.45) is 0 Å². The molecule has 0 fully saturated rings. The molecule has 28 heavy (non-hydrogen) atoms. The lowest BCUT2D eigenvalue weighted by Crippen LogP contribution is -2.36. The van der Waals surface area contributed by atoms with E-state index in [1.807, 2.05) is 67.9 Å². The Balaban J connectivity index is 1.57. The summed E-state index contributed by atoms with van der Waals surface area (Å²) >= 11 is 0. The van der Waals surface area contributed by atoms with E-state index >= 15 is 0 Å². The van der Waals surface area contributed by atoms with E-state index in [-0.39, 0.29) is 18.4 Å². The summed E-state index contributed by atoms with van der Waals surface area (Å²) in [4.78, 5) is 24.3. The van der Waals surface area contributed by atoms with E-state index in [0.717, 1.165) is 28.2 Å². The highest BCUT2D eigenvalue weighted by Gasteiger charge is 2.14. The van der Waals surface area contributed by atoms with Gasteiger partial charge in [0.2, 0.25) is 5.91 Å². The van der Waals surface area contributed by atoms with Gasteiger partial charge >= 0.3 is 0 Å². The van der Waals surface area contributed by atoms with Crippen molar-refractivity contribution in [2.75, 3.05) is 6.54 Å². The smallest absolute Gasteiger partial charge is 0.251 e. The summed E-state index contributed by atoms with van der Waals surface area (Å²) in [5, 5.41) is 10.1. The molecule has 144 valence electrons. The van der Waals surface area contributed by atoms with E-state index < -0.39 is 0 Å². The van der Waals surface area contributed by atoms with Crippen LogP contribution >= 0.6 is 0 Å². The third-order valence-electron chi connectivity index (χ3n) is 4.63. The molecule has 0 aliphatic carbocycles. The lowest BCUT2D eigenvalue weighted by Gasteiger charge is -2.08. The minimum atomic E-state index is -0.264. The molecule has 0 saturated carbocycles. The molecule has 0 spiro atoms. The number of carbonyl (C=O) groups is 2. The quantitative estimate of drug-likeness (QED) is 0.695. The lowest BCUT2D eigenvalue weighted by atomic mass is 10.1. The standard InChI is InChI=1S/C22H24N4O2/c1-15-9-11-18(12-10-15)22(28)24-14-21(27)23-13-20-16(2)25-26(17(20)3)19-7-5-4-6-8-19/h4-12H,13-14H2,1-3H3,(H,23,27)(H,24,28). The minimum absolute atomic E-state index is 0.0718. The zero-order valence-corrected chi connectivity index (χ0v) is 16.3. The van der Waals surface area contributed by atoms with Crippen LogP contribution in [0.15, 0.2) is 54.6 Å². The van der Waals surface area contributed by atoms with Crippen LogP contribution in [0.4, 0.5) is 0 Å². The molecular formula is C22H24N4O2. The van der Waals surface area contributed by atoms with Gasteiger partial charge in [0.1, 0.15) is 0 Å². The van der Waals surface area contributed by atoms with Gasteiger partial charge in [-0.15, -0.1) is 0 Å². The van der Waals surface area contributed by atoms with Gasteiger partial charge in [0, 0.05) is 23.4 Å². The van der Waals surface area contributed by atoms with Gasteiger partial charge in [-0.1, -0.05) is 35.9 Å². The summed E-state index contributed by atoms with van der Waals surface area (Å²) in [5.74, 6) is -0.508. The highest BCUT2D eigenvalue weighted by atomic mass is 16.2. The number of para-hydroxylation sites is 1. The average molecular weight is 376 g/mol. The Kier molecular flexibility index (Phi) is 5.89. The second-order valence-corrected chi connectivity index (χ2v) is 6.72. The molecule has 0 aliphatic heterocycles. The van der Waals surface area contributed by atoms with Crippen molar-refractivity contribution >= 4 is 11.8 Å². The van der Waals surface area contributed by atoms with Crippen molar-refractivity contribution in [2.45, 2.75) is 27.3 Å². The zero-order valence-electron chi connectivity index (χ0n) is 16.3. The largest absolute Gasteiger partial charge is 0.350 e. The van der Waals surface area contributed by atoms with Crippen LogP contribution in [0.3, 0.4) is 0 Å². The van der Waals surface area contributed by atoms with Gasteiger partial charge in [-0.3, -0.25) is 9.59 Å². The van der Waals surface area contributed by atoms with Crippen LogP contribution in [0.25, 0.3) is 5.69 Å². The fourth-order valence-electron chi connectivity index (χ4n) is 2.97. The number of amides is 2. The Morgan fingerprint density at radius 2 is 1.61 bits per heavy atom. The molecule has 1 heterocycles. The lowest BCUT2D eigenvalue weighted by molar-refractivity contribution is -0.120. The Hall–Kier alpha value is -3.41. The molecular weight excluding hydrogens is 352 g/mol. The van der Waals surface area contributed by atoms with Crippen molar-refractivity contribution in [3.05, 3.63) is 82.7 Å². The molecule has 0 aliphatic rings. The van der Waals surface area contributed by atoms with Crippen molar-refractivity contribution < 1.29 is 9.59 Å². The number of nitrogens with one attached hydrogen (secondary N) is 2. The summed E-state index contributed by atoms with van der Waals surface area (Å²) in [6.45, 7) is 6.15. The first-order valence-electron chi connectivity index (χ1n) is 9.18. The predicted molar refractivity (Wildman–Crippen MR) is 108 cm³/mol. The number of nitrogens with zero attached hydrogens (tertiary/aromatic N) is 2. The third kappa shape index (κ3) is 4.46. The van der Waals surface area contributed by atoms with Crippen molar-refractivity contribution in [3.63, 3.8) is 0 Å². The fraction of sp³-hybridized carbons (Fsp3) is 0.227. The van der Waals surface area contributed by atoms with E-state index in [1.54, 1.807) is 12.1 Å². The van der Waals surface area contributed by atoms with Gasteiger partial charge in [0.15, 0.2) is 0 Å². The maximum absolute atomic E-state index is 12.2. The van der Waals surface area contributed by atoms with Crippen LogP contribution in [-0.2, 0) is 11.3 Å². The molecule has 1 aromatic heterocycles. The Labute approximate surface area is 164 Å². The molecule has 2 N–H and O–H groups in total. The van der Waals surface area contributed by atoms with E-state index in [4.69, 9.17) is 0 Å². The van der Waals surface area contributed by atoms with E-state index in [9.17, 15) is 9.59 Å². The predicted octanol–water partition coefficient (Wildman–Crippen LogP) is 2.84. The first-order valence-corrected chi connectivity index (χ1v) is 9.18. The molecule has 2 aromatic carbocycles. The van der Waals surface area contributed by atoms with Gasteiger partial charge in [0.25, 0.3) is 5.91 Å². The second kappa shape index (κ2) is 8.52. The van der Waals surface area contributed by atoms with Gasteiger partial charge in [0.05, 0.1) is 17.9 Å². The summed E-state index contributed by atoms with van der Waals surface area (Å²) < 4.78 is 1.87. The molecule has 0 unspecified atom stereocenters. The molecule has 3 aromatic rings. The monoisotopic (exact) mass is 376 g/mol. The maximum Gasteiger partial charge on any atom is 0.251 e. The van der Waals surface area contributed by atoms with Crippen molar-refractivity contribution in [3.8, 4) is 5.69 Å². The minimum Gasteiger partial charge on any atom is -0.350 e. The summed E-state index contributed by atoms with van der Waals surface area (Å²) in [6.07, 6.45) is 0. The Bertz CT molecular complexity index is 976. The normalized spacial score (nSPS) is 10.5. The highest BCUT2D eigenvalue weighted by Crippen LogP contribution is 2.17. The Morgan fingerprint density at radius 1 is 0.929 bits per heavy atom. The summed E-state index contributed by atoms with van der Waals surface area (Å²) in [5.41, 5.74) is 5.41. The Morgan fingerprint density at radius 3 is 2.29 bits per heavy atom. The molecule has 0 radical (unpaired) electrons. The molecule has 0 bridgehead atoms. The molecule has 6 nitrogen and oxygen atoms in total.